The predicted molar refractivity (Wildman–Crippen MR) is 74.8 cm³/mol. The normalized spacial score (nSPS) is 16.6. The second kappa shape index (κ2) is 5.67. The van der Waals surface area contributed by atoms with Gasteiger partial charge in [0.15, 0.2) is 0 Å². The summed E-state index contributed by atoms with van der Waals surface area (Å²) in [5, 5.41) is 9.72. The van der Waals surface area contributed by atoms with Crippen LogP contribution in [-0.4, -0.2) is 17.2 Å². The van der Waals surface area contributed by atoms with E-state index in [1.54, 1.807) is 12.1 Å². The smallest absolute Gasteiger partial charge is 0.371 e. The van der Waals surface area contributed by atoms with Gasteiger partial charge in [0.05, 0.1) is 12.7 Å². The molecular weight excluding hydrogens is 256 g/mol. The lowest BCUT2D eigenvalue weighted by molar-refractivity contribution is 0.0169. The molecule has 0 spiro atoms. The highest BCUT2D eigenvalue weighted by molar-refractivity contribution is 5.91. The molecule has 1 N–H and O–H groups in total. The van der Waals surface area contributed by atoms with Gasteiger partial charge in [-0.05, 0) is 36.6 Å². The van der Waals surface area contributed by atoms with Crippen LogP contribution >= 0.6 is 0 Å². The lowest BCUT2D eigenvalue weighted by atomic mass is 9.98. The Labute approximate surface area is 117 Å². The molecule has 3 rings (SSSR count). The number of rotatable bonds is 4. The van der Waals surface area contributed by atoms with Crippen molar-refractivity contribution in [1.82, 2.24) is 0 Å². The predicted octanol–water partition coefficient (Wildman–Crippen LogP) is 3.98. The lowest BCUT2D eigenvalue weighted by Crippen LogP contribution is -2.16. The first kappa shape index (κ1) is 13.2. The van der Waals surface area contributed by atoms with Crippen molar-refractivity contribution in [3.8, 4) is 0 Å². The zero-order chi connectivity index (χ0) is 13.9. The molecule has 20 heavy (non-hydrogen) atoms. The van der Waals surface area contributed by atoms with Crippen LogP contribution in [-0.2, 0) is 11.3 Å². The van der Waals surface area contributed by atoms with Gasteiger partial charge >= 0.3 is 5.97 Å². The van der Waals surface area contributed by atoms with E-state index < -0.39 is 5.97 Å². The average molecular weight is 274 g/mol. The van der Waals surface area contributed by atoms with Crippen LogP contribution in [0.5, 0.6) is 0 Å². The van der Waals surface area contributed by atoms with E-state index in [0.29, 0.717) is 18.3 Å². The number of hydrogen-bond donors (Lipinski definition) is 1. The monoisotopic (exact) mass is 274 g/mol. The molecule has 0 atom stereocenters. The summed E-state index contributed by atoms with van der Waals surface area (Å²) in [6, 6.07) is 7.23. The Kier molecular flexibility index (Phi) is 3.74. The van der Waals surface area contributed by atoms with Crippen molar-refractivity contribution < 1.29 is 19.1 Å². The number of benzene rings is 1. The number of furan rings is 1. The largest absolute Gasteiger partial charge is 0.475 e. The van der Waals surface area contributed by atoms with Crippen LogP contribution in [0.3, 0.4) is 0 Å². The van der Waals surface area contributed by atoms with Crippen molar-refractivity contribution in [2.75, 3.05) is 0 Å². The number of carboxylic acids is 1. The van der Waals surface area contributed by atoms with Crippen molar-refractivity contribution >= 4 is 16.9 Å². The van der Waals surface area contributed by atoms with E-state index in [1.807, 2.05) is 12.1 Å². The Bertz CT molecular complexity index is 608. The van der Waals surface area contributed by atoms with Gasteiger partial charge in [-0.15, -0.1) is 0 Å². The molecule has 0 bridgehead atoms. The number of carbonyl (C=O) groups is 1. The molecule has 1 aliphatic rings. The van der Waals surface area contributed by atoms with E-state index in [9.17, 15) is 4.79 Å². The number of carboxylic acid groups (broad SMARTS) is 1. The SMILES string of the molecule is O=C(O)c1cc2cc(COC3CCCCC3)ccc2o1. The summed E-state index contributed by atoms with van der Waals surface area (Å²) in [7, 11) is 0. The van der Waals surface area contributed by atoms with E-state index in [2.05, 4.69) is 0 Å². The molecule has 0 aliphatic heterocycles. The van der Waals surface area contributed by atoms with E-state index in [4.69, 9.17) is 14.3 Å². The molecular formula is C16H18O4. The van der Waals surface area contributed by atoms with Gasteiger partial charge in [-0.25, -0.2) is 4.79 Å². The third-order valence-electron chi connectivity index (χ3n) is 3.83. The fourth-order valence-corrected chi connectivity index (χ4v) is 2.73. The van der Waals surface area contributed by atoms with E-state index in [1.165, 1.54) is 19.3 Å². The summed E-state index contributed by atoms with van der Waals surface area (Å²) in [5.74, 6) is -1.06. The zero-order valence-electron chi connectivity index (χ0n) is 11.3. The van der Waals surface area contributed by atoms with Crippen LogP contribution in [0.4, 0.5) is 0 Å². The average Bonchev–Trinajstić information content (AvgIpc) is 2.89. The second-order valence-corrected chi connectivity index (χ2v) is 5.36. The van der Waals surface area contributed by atoms with Crippen molar-refractivity contribution in [1.29, 1.82) is 0 Å². The summed E-state index contributed by atoms with van der Waals surface area (Å²) in [4.78, 5) is 10.9. The van der Waals surface area contributed by atoms with Crippen LogP contribution in [0.2, 0.25) is 0 Å². The quantitative estimate of drug-likeness (QED) is 0.916. The Hall–Kier alpha value is -1.81. The highest BCUT2D eigenvalue weighted by atomic mass is 16.5. The first-order valence-electron chi connectivity index (χ1n) is 7.10. The van der Waals surface area contributed by atoms with Gasteiger partial charge < -0.3 is 14.3 Å². The fraction of sp³-hybridized carbons (Fsp3) is 0.438. The molecule has 0 radical (unpaired) electrons. The van der Waals surface area contributed by atoms with Crippen molar-refractivity contribution in [2.24, 2.45) is 0 Å². The Morgan fingerprint density at radius 1 is 1.25 bits per heavy atom. The summed E-state index contributed by atoms with van der Waals surface area (Å²) in [5.41, 5.74) is 1.66. The molecule has 1 aromatic carbocycles. The number of ether oxygens (including phenoxy) is 1. The zero-order valence-corrected chi connectivity index (χ0v) is 11.3. The Morgan fingerprint density at radius 2 is 2.05 bits per heavy atom. The minimum Gasteiger partial charge on any atom is -0.475 e. The summed E-state index contributed by atoms with van der Waals surface area (Å²) >= 11 is 0. The molecule has 1 heterocycles. The molecule has 1 fully saturated rings. The van der Waals surface area contributed by atoms with Crippen molar-refractivity contribution in [3.05, 3.63) is 35.6 Å². The van der Waals surface area contributed by atoms with E-state index in [-0.39, 0.29) is 5.76 Å². The molecule has 1 aromatic heterocycles. The Morgan fingerprint density at radius 3 is 2.80 bits per heavy atom. The summed E-state index contributed by atoms with van der Waals surface area (Å²) in [6.45, 7) is 0.578. The molecule has 0 saturated heterocycles. The number of fused-ring (bicyclic) bond motifs is 1. The van der Waals surface area contributed by atoms with Gasteiger partial charge in [-0.1, -0.05) is 25.3 Å². The summed E-state index contributed by atoms with van der Waals surface area (Å²) in [6.07, 6.45) is 6.51. The van der Waals surface area contributed by atoms with Gasteiger partial charge in [-0.2, -0.15) is 0 Å². The van der Waals surface area contributed by atoms with E-state index >= 15 is 0 Å². The molecule has 4 nitrogen and oxygen atoms in total. The highest BCUT2D eigenvalue weighted by Gasteiger charge is 2.14. The molecule has 2 aromatic rings. The van der Waals surface area contributed by atoms with Crippen molar-refractivity contribution in [3.63, 3.8) is 0 Å². The van der Waals surface area contributed by atoms with Crippen LogP contribution in [0.1, 0.15) is 48.2 Å². The summed E-state index contributed by atoms with van der Waals surface area (Å²) < 4.78 is 11.2. The molecule has 1 saturated carbocycles. The second-order valence-electron chi connectivity index (χ2n) is 5.36. The van der Waals surface area contributed by atoms with Gasteiger partial charge in [0, 0.05) is 5.39 Å². The number of aromatic carboxylic acids is 1. The lowest BCUT2D eigenvalue weighted by Gasteiger charge is -2.21. The van der Waals surface area contributed by atoms with Crippen LogP contribution in [0.15, 0.2) is 28.7 Å². The van der Waals surface area contributed by atoms with Crippen molar-refractivity contribution in [2.45, 2.75) is 44.8 Å². The fourth-order valence-electron chi connectivity index (χ4n) is 2.73. The number of hydrogen-bond acceptors (Lipinski definition) is 3. The standard InChI is InChI=1S/C16H18O4/c17-16(18)15-9-12-8-11(6-7-14(12)20-15)10-19-13-4-2-1-3-5-13/h6-9,13H,1-5,10H2,(H,17,18). The molecule has 0 amide bonds. The molecule has 0 unspecified atom stereocenters. The minimum atomic E-state index is -1.04. The maximum atomic E-state index is 10.9. The minimum absolute atomic E-state index is 0.0228. The third kappa shape index (κ3) is 2.85. The van der Waals surface area contributed by atoms with Gasteiger partial charge in [0.25, 0.3) is 0 Å². The van der Waals surface area contributed by atoms with E-state index in [0.717, 1.165) is 23.8 Å². The maximum Gasteiger partial charge on any atom is 0.371 e. The molecule has 106 valence electrons. The third-order valence-corrected chi connectivity index (χ3v) is 3.83. The van der Waals surface area contributed by atoms with Crippen LogP contribution in [0.25, 0.3) is 11.0 Å². The maximum absolute atomic E-state index is 10.9. The highest BCUT2D eigenvalue weighted by Crippen LogP contribution is 2.24. The topological polar surface area (TPSA) is 59.7 Å². The van der Waals surface area contributed by atoms with Crippen LogP contribution < -0.4 is 0 Å². The molecule has 4 heteroatoms. The Balaban J connectivity index is 1.70. The first-order chi connectivity index (χ1) is 9.72. The van der Waals surface area contributed by atoms with Gasteiger partial charge in [0.2, 0.25) is 5.76 Å². The van der Waals surface area contributed by atoms with Gasteiger partial charge in [-0.3, -0.25) is 0 Å². The van der Waals surface area contributed by atoms with Crippen LogP contribution in [0, 0.1) is 0 Å². The molecule has 1 aliphatic carbocycles. The van der Waals surface area contributed by atoms with Gasteiger partial charge in [0.1, 0.15) is 5.58 Å². The first-order valence-corrected chi connectivity index (χ1v) is 7.10.